The summed E-state index contributed by atoms with van der Waals surface area (Å²) >= 11 is 0. The van der Waals surface area contributed by atoms with E-state index in [4.69, 9.17) is 0 Å². The average molecular weight is 194 g/mol. The van der Waals surface area contributed by atoms with E-state index in [2.05, 4.69) is 4.74 Å². The van der Waals surface area contributed by atoms with Gasteiger partial charge in [0.15, 0.2) is 0 Å². The SMILES string of the molecule is C/C=C\C(=C/CCC)OC(F)(F)F. The minimum Gasteiger partial charge on any atom is -0.406 e. The van der Waals surface area contributed by atoms with Crippen molar-refractivity contribution in [2.45, 2.75) is 33.1 Å². The molecule has 1 nitrogen and oxygen atoms in total. The molecule has 0 N–H and O–H groups in total. The van der Waals surface area contributed by atoms with Crippen LogP contribution in [-0.2, 0) is 4.74 Å². The summed E-state index contributed by atoms with van der Waals surface area (Å²) in [5.74, 6) is -0.142. The summed E-state index contributed by atoms with van der Waals surface area (Å²) < 4.78 is 39.0. The number of alkyl halides is 3. The molecular weight excluding hydrogens is 181 g/mol. The van der Waals surface area contributed by atoms with Crippen LogP contribution < -0.4 is 0 Å². The Morgan fingerprint density at radius 3 is 2.38 bits per heavy atom. The fraction of sp³-hybridized carbons (Fsp3) is 0.556. The number of allylic oxidation sites excluding steroid dienone is 3. The zero-order chi connectivity index (χ0) is 10.3. The molecule has 0 aromatic rings. The monoisotopic (exact) mass is 194 g/mol. The van der Waals surface area contributed by atoms with Crippen LogP contribution >= 0.6 is 0 Å². The highest BCUT2D eigenvalue weighted by molar-refractivity contribution is 5.11. The maximum absolute atomic E-state index is 11.8. The molecule has 0 saturated carbocycles. The van der Waals surface area contributed by atoms with E-state index in [1.165, 1.54) is 18.2 Å². The molecule has 0 aliphatic heterocycles. The molecule has 76 valence electrons. The van der Waals surface area contributed by atoms with Crippen molar-refractivity contribution >= 4 is 0 Å². The van der Waals surface area contributed by atoms with Gasteiger partial charge in [-0.1, -0.05) is 19.4 Å². The molecule has 0 atom stereocenters. The Morgan fingerprint density at radius 1 is 1.38 bits per heavy atom. The minimum atomic E-state index is -4.60. The predicted octanol–water partition coefficient (Wildman–Crippen LogP) is 3.78. The third-order valence-corrected chi connectivity index (χ3v) is 1.20. The molecular formula is C9H13F3O. The number of halogens is 3. The van der Waals surface area contributed by atoms with E-state index in [1.807, 2.05) is 6.92 Å². The number of hydrogen-bond acceptors (Lipinski definition) is 1. The lowest BCUT2D eigenvalue weighted by Crippen LogP contribution is -2.12. The van der Waals surface area contributed by atoms with Gasteiger partial charge in [-0.2, -0.15) is 0 Å². The highest BCUT2D eigenvalue weighted by Crippen LogP contribution is 2.21. The van der Waals surface area contributed by atoms with Crippen molar-refractivity contribution in [3.63, 3.8) is 0 Å². The molecule has 0 aromatic heterocycles. The van der Waals surface area contributed by atoms with Gasteiger partial charge in [-0.15, -0.1) is 13.2 Å². The summed E-state index contributed by atoms with van der Waals surface area (Å²) in [6.45, 7) is 3.52. The van der Waals surface area contributed by atoms with Crippen LogP contribution in [-0.4, -0.2) is 6.36 Å². The van der Waals surface area contributed by atoms with Crippen LogP contribution in [0.2, 0.25) is 0 Å². The fourth-order valence-electron chi connectivity index (χ4n) is 0.728. The quantitative estimate of drug-likeness (QED) is 0.488. The maximum Gasteiger partial charge on any atom is 0.573 e. The van der Waals surface area contributed by atoms with Crippen LogP contribution in [0.5, 0.6) is 0 Å². The Bertz CT molecular complexity index is 192. The summed E-state index contributed by atoms with van der Waals surface area (Å²) in [6, 6.07) is 0. The van der Waals surface area contributed by atoms with E-state index < -0.39 is 6.36 Å². The lowest BCUT2D eigenvalue weighted by molar-refractivity contribution is -0.303. The van der Waals surface area contributed by atoms with Gasteiger partial charge in [0, 0.05) is 0 Å². The van der Waals surface area contributed by atoms with Crippen molar-refractivity contribution < 1.29 is 17.9 Å². The van der Waals surface area contributed by atoms with Crippen LogP contribution in [0.15, 0.2) is 24.0 Å². The van der Waals surface area contributed by atoms with E-state index in [-0.39, 0.29) is 5.76 Å². The van der Waals surface area contributed by atoms with E-state index >= 15 is 0 Å². The standard InChI is InChI=1S/C9H13F3O/c1-3-5-7-8(6-4-2)13-9(10,11)12/h4,6-7H,3,5H2,1-2H3/b6-4-,8-7+. The topological polar surface area (TPSA) is 9.23 Å². The van der Waals surface area contributed by atoms with Gasteiger partial charge in [0.25, 0.3) is 0 Å². The van der Waals surface area contributed by atoms with Gasteiger partial charge in [0.1, 0.15) is 5.76 Å². The molecule has 0 heterocycles. The third-order valence-electron chi connectivity index (χ3n) is 1.20. The van der Waals surface area contributed by atoms with Gasteiger partial charge in [0.2, 0.25) is 0 Å². The molecule has 0 rings (SSSR count). The molecule has 0 aliphatic carbocycles. The molecule has 0 amide bonds. The van der Waals surface area contributed by atoms with Crippen LogP contribution in [0.25, 0.3) is 0 Å². The molecule has 0 fully saturated rings. The zero-order valence-corrected chi connectivity index (χ0v) is 7.69. The minimum absolute atomic E-state index is 0.142. The van der Waals surface area contributed by atoms with E-state index in [0.717, 1.165) is 6.42 Å². The Hall–Kier alpha value is -0.930. The van der Waals surface area contributed by atoms with Crippen LogP contribution in [0.4, 0.5) is 13.2 Å². The fourth-order valence-corrected chi connectivity index (χ4v) is 0.728. The van der Waals surface area contributed by atoms with Crippen molar-refractivity contribution in [1.82, 2.24) is 0 Å². The first-order valence-electron chi connectivity index (χ1n) is 4.08. The second-order valence-corrected chi connectivity index (χ2v) is 2.44. The highest BCUT2D eigenvalue weighted by atomic mass is 19.4. The molecule has 0 unspecified atom stereocenters. The first-order chi connectivity index (χ1) is 5.99. The van der Waals surface area contributed by atoms with Crippen molar-refractivity contribution in [2.24, 2.45) is 0 Å². The molecule has 0 aromatic carbocycles. The molecule has 0 saturated heterocycles. The van der Waals surface area contributed by atoms with Crippen molar-refractivity contribution in [1.29, 1.82) is 0 Å². The summed E-state index contributed by atoms with van der Waals surface area (Å²) in [7, 11) is 0. The number of ether oxygens (including phenoxy) is 1. The largest absolute Gasteiger partial charge is 0.573 e. The van der Waals surface area contributed by atoms with Crippen molar-refractivity contribution in [2.75, 3.05) is 0 Å². The Kier molecular flexibility index (Phi) is 5.26. The van der Waals surface area contributed by atoms with Crippen molar-refractivity contribution in [3.05, 3.63) is 24.0 Å². The summed E-state index contributed by atoms with van der Waals surface area (Å²) in [5, 5.41) is 0. The number of unbranched alkanes of at least 4 members (excludes halogenated alkanes) is 1. The molecule has 4 heteroatoms. The van der Waals surface area contributed by atoms with Crippen LogP contribution in [0, 0.1) is 0 Å². The number of rotatable bonds is 4. The van der Waals surface area contributed by atoms with Gasteiger partial charge in [-0.05, 0) is 25.5 Å². The maximum atomic E-state index is 11.8. The van der Waals surface area contributed by atoms with Gasteiger partial charge in [0.05, 0.1) is 0 Å². The predicted molar refractivity (Wildman–Crippen MR) is 44.9 cm³/mol. The average Bonchev–Trinajstić information content (AvgIpc) is 1.98. The Morgan fingerprint density at radius 2 is 2.00 bits per heavy atom. The van der Waals surface area contributed by atoms with Crippen molar-refractivity contribution in [3.8, 4) is 0 Å². The molecule has 0 spiro atoms. The van der Waals surface area contributed by atoms with Crippen LogP contribution in [0.3, 0.4) is 0 Å². The first-order valence-corrected chi connectivity index (χ1v) is 4.08. The molecule has 0 aliphatic rings. The highest BCUT2D eigenvalue weighted by Gasteiger charge is 2.31. The number of hydrogen-bond donors (Lipinski definition) is 0. The normalized spacial score (nSPS) is 13.8. The lowest BCUT2D eigenvalue weighted by Gasteiger charge is -2.09. The zero-order valence-electron chi connectivity index (χ0n) is 7.69. The van der Waals surface area contributed by atoms with E-state index in [0.29, 0.717) is 6.42 Å². The van der Waals surface area contributed by atoms with Crippen LogP contribution in [0.1, 0.15) is 26.7 Å². The van der Waals surface area contributed by atoms with Gasteiger partial charge >= 0.3 is 6.36 Å². The summed E-state index contributed by atoms with van der Waals surface area (Å²) in [4.78, 5) is 0. The second-order valence-electron chi connectivity index (χ2n) is 2.44. The first kappa shape index (κ1) is 12.1. The lowest BCUT2D eigenvalue weighted by atomic mass is 10.3. The Balaban J connectivity index is 4.26. The van der Waals surface area contributed by atoms with Gasteiger partial charge in [-0.25, -0.2) is 0 Å². The summed E-state index contributed by atoms with van der Waals surface area (Å²) in [6.07, 6.45) is 1.00. The smallest absolute Gasteiger partial charge is 0.406 e. The van der Waals surface area contributed by atoms with E-state index in [1.54, 1.807) is 6.92 Å². The van der Waals surface area contributed by atoms with E-state index in [9.17, 15) is 13.2 Å². The molecule has 0 radical (unpaired) electrons. The van der Waals surface area contributed by atoms with Gasteiger partial charge in [-0.3, -0.25) is 0 Å². The summed E-state index contributed by atoms with van der Waals surface area (Å²) in [5.41, 5.74) is 0. The second kappa shape index (κ2) is 5.67. The molecule has 13 heavy (non-hydrogen) atoms. The molecule has 0 bridgehead atoms. The third kappa shape index (κ3) is 7.43. The Labute approximate surface area is 75.9 Å². The van der Waals surface area contributed by atoms with Gasteiger partial charge < -0.3 is 4.74 Å².